The highest BCUT2D eigenvalue weighted by Gasteiger charge is 2.16. The number of hydrazine groups is 1. The van der Waals surface area contributed by atoms with Gasteiger partial charge in [0.25, 0.3) is 0 Å². The molecule has 0 aromatic carbocycles. The molecule has 1 heterocycles. The summed E-state index contributed by atoms with van der Waals surface area (Å²) < 4.78 is 5.58. The normalized spacial score (nSPS) is 26.3. The smallest absolute Gasteiger partial charge is 0.205 e. The molecule has 2 rings (SSSR count). The number of rotatable bonds is 4. The van der Waals surface area contributed by atoms with Crippen molar-refractivity contribution in [3.63, 3.8) is 0 Å². The number of hydrogen-bond donors (Lipinski definition) is 3. The lowest BCUT2D eigenvalue weighted by Crippen LogP contribution is -2.47. The maximum atomic E-state index is 5.58. The second-order valence-corrected chi connectivity index (χ2v) is 5.28. The number of guanidine groups is 1. The van der Waals surface area contributed by atoms with Crippen molar-refractivity contribution in [1.29, 1.82) is 0 Å². The third-order valence-corrected chi connectivity index (χ3v) is 3.83. The Balaban J connectivity index is 1.68. The lowest BCUT2D eigenvalue weighted by molar-refractivity contribution is 0.106. The summed E-state index contributed by atoms with van der Waals surface area (Å²) in [6, 6.07) is 0.538. The SMILES string of the molecule is NNC(=NCCC1CCCO1)NC1CCCCC1. The van der Waals surface area contributed by atoms with Gasteiger partial charge in [-0.3, -0.25) is 10.4 Å². The van der Waals surface area contributed by atoms with Gasteiger partial charge in [-0.15, -0.1) is 0 Å². The molecule has 1 aliphatic heterocycles. The molecule has 5 heteroatoms. The van der Waals surface area contributed by atoms with Gasteiger partial charge in [0.1, 0.15) is 0 Å². The molecule has 18 heavy (non-hydrogen) atoms. The number of nitrogens with zero attached hydrogens (tertiary/aromatic N) is 1. The van der Waals surface area contributed by atoms with Gasteiger partial charge >= 0.3 is 0 Å². The number of nitrogens with one attached hydrogen (secondary N) is 2. The van der Waals surface area contributed by atoms with Crippen LogP contribution in [0.2, 0.25) is 0 Å². The van der Waals surface area contributed by atoms with E-state index in [1.807, 2.05) is 0 Å². The Hall–Kier alpha value is -0.810. The van der Waals surface area contributed by atoms with Crippen LogP contribution in [0.4, 0.5) is 0 Å². The first-order valence-corrected chi connectivity index (χ1v) is 7.27. The zero-order valence-electron chi connectivity index (χ0n) is 11.2. The number of nitrogens with two attached hydrogens (primary N) is 1. The van der Waals surface area contributed by atoms with Crippen LogP contribution in [0, 0.1) is 0 Å². The second-order valence-electron chi connectivity index (χ2n) is 5.28. The van der Waals surface area contributed by atoms with Gasteiger partial charge in [-0.1, -0.05) is 19.3 Å². The van der Waals surface area contributed by atoms with Crippen LogP contribution in [0.5, 0.6) is 0 Å². The van der Waals surface area contributed by atoms with Crippen molar-refractivity contribution in [3.05, 3.63) is 0 Å². The Morgan fingerprint density at radius 1 is 1.17 bits per heavy atom. The maximum absolute atomic E-state index is 5.58. The third kappa shape index (κ3) is 4.46. The molecule has 1 saturated heterocycles. The molecule has 0 radical (unpaired) electrons. The minimum atomic E-state index is 0.405. The summed E-state index contributed by atoms with van der Waals surface area (Å²) in [4.78, 5) is 4.49. The molecule has 1 aliphatic carbocycles. The first kappa shape index (κ1) is 13.6. The van der Waals surface area contributed by atoms with Crippen LogP contribution < -0.4 is 16.6 Å². The summed E-state index contributed by atoms with van der Waals surface area (Å²) in [5, 5.41) is 3.40. The summed E-state index contributed by atoms with van der Waals surface area (Å²) in [5.41, 5.74) is 2.67. The van der Waals surface area contributed by atoms with E-state index < -0.39 is 0 Å². The third-order valence-electron chi connectivity index (χ3n) is 3.83. The van der Waals surface area contributed by atoms with Crippen LogP contribution in [0.1, 0.15) is 51.4 Å². The van der Waals surface area contributed by atoms with E-state index >= 15 is 0 Å². The minimum absolute atomic E-state index is 0.405. The van der Waals surface area contributed by atoms with Crippen molar-refractivity contribution in [2.75, 3.05) is 13.2 Å². The molecule has 2 aliphatic rings. The van der Waals surface area contributed by atoms with Gasteiger partial charge < -0.3 is 10.1 Å². The molecule has 0 aromatic heterocycles. The standard InChI is InChI=1S/C13H26N4O/c14-17-13(16-11-5-2-1-3-6-11)15-9-8-12-7-4-10-18-12/h11-12H,1-10,14H2,(H2,15,16,17). The second kappa shape index (κ2) is 7.59. The lowest BCUT2D eigenvalue weighted by atomic mass is 9.96. The topological polar surface area (TPSA) is 71.7 Å². The fourth-order valence-electron chi connectivity index (χ4n) is 2.77. The molecule has 0 aromatic rings. The van der Waals surface area contributed by atoms with Gasteiger partial charge in [0.15, 0.2) is 0 Å². The molecular formula is C13H26N4O. The van der Waals surface area contributed by atoms with Crippen molar-refractivity contribution in [1.82, 2.24) is 10.7 Å². The Bertz CT molecular complexity index is 258. The van der Waals surface area contributed by atoms with E-state index in [1.165, 1.54) is 44.9 Å². The zero-order valence-corrected chi connectivity index (χ0v) is 11.2. The predicted octanol–water partition coefficient (Wildman–Crippen LogP) is 1.30. The Kier molecular flexibility index (Phi) is 5.74. The van der Waals surface area contributed by atoms with Crippen molar-refractivity contribution < 1.29 is 4.74 Å². The average molecular weight is 254 g/mol. The van der Waals surface area contributed by atoms with E-state index in [1.54, 1.807) is 0 Å². The number of hydrogen-bond acceptors (Lipinski definition) is 3. The van der Waals surface area contributed by atoms with Crippen LogP contribution >= 0.6 is 0 Å². The summed E-state index contributed by atoms with van der Waals surface area (Å²) in [5.74, 6) is 6.25. The van der Waals surface area contributed by atoms with Crippen molar-refractivity contribution in [3.8, 4) is 0 Å². The van der Waals surface area contributed by atoms with Crippen LogP contribution in [-0.2, 0) is 4.74 Å². The van der Waals surface area contributed by atoms with E-state index in [9.17, 15) is 0 Å². The number of ether oxygens (including phenoxy) is 1. The van der Waals surface area contributed by atoms with Crippen LogP contribution in [0.25, 0.3) is 0 Å². The van der Waals surface area contributed by atoms with E-state index in [0.717, 1.165) is 25.5 Å². The lowest BCUT2D eigenvalue weighted by Gasteiger charge is -2.24. The van der Waals surface area contributed by atoms with Crippen molar-refractivity contribution in [2.45, 2.75) is 63.5 Å². The minimum Gasteiger partial charge on any atom is -0.378 e. The number of aliphatic imine (C=N–C) groups is 1. The van der Waals surface area contributed by atoms with Crippen molar-refractivity contribution >= 4 is 5.96 Å². The summed E-state index contributed by atoms with van der Waals surface area (Å²) >= 11 is 0. The molecule has 0 bridgehead atoms. The highest BCUT2D eigenvalue weighted by Crippen LogP contribution is 2.17. The average Bonchev–Trinajstić information content (AvgIpc) is 2.92. The Labute approximate surface area is 110 Å². The molecule has 1 saturated carbocycles. The van der Waals surface area contributed by atoms with E-state index in [2.05, 4.69) is 15.7 Å². The quantitative estimate of drug-likeness (QED) is 0.306. The van der Waals surface area contributed by atoms with E-state index in [4.69, 9.17) is 10.6 Å². The molecule has 5 nitrogen and oxygen atoms in total. The molecule has 0 spiro atoms. The van der Waals surface area contributed by atoms with E-state index in [0.29, 0.717) is 12.1 Å². The highest BCUT2D eigenvalue weighted by atomic mass is 16.5. The van der Waals surface area contributed by atoms with Gasteiger partial charge in [-0.05, 0) is 32.1 Å². The largest absolute Gasteiger partial charge is 0.378 e. The molecule has 4 N–H and O–H groups in total. The van der Waals surface area contributed by atoms with Crippen molar-refractivity contribution in [2.24, 2.45) is 10.8 Å². The summed E-state index contributed by atoms with van der Waals surface area (Å²) in [6.07, 6.45) is 10.2. The van der Waals surface area contributed by atoms with Gasteiger partial charge in [0, 0.05) is 19.2 Å². The Morgan fingerprint density at radius 2 is 2.00 bits per heavy atom. The molecule has 2 fully saturated rings. The molecular weight excluding hydrogens is 228 g/mol. The van der Waals surface area contributed by atoms with Gasteiger partial charge in [0.05, 0.1) is 6.10 Å². The molecule has 1 atom stereocenters. The first-order chi connectivity index (χ1) is 8.88. The van der Waals surface area contributed by atoms with Crippen LogP contribution in [0.15, 0.2) is 4.99 Å². The summed E-state index contributed by atoms with van der Waals surface area (Å²) in [6.45, 7) is 1.70. The highest BCUT2D eigenvalue weighted by molar-refractivity contribution is 5.79. The monoisotopic (exact) mass is 254 g/mol. The fourth-order valence-corrected chi connectivity index (χ4v) is 2.77. The van der Waals surface area contributed by atoms with Crippen LogP contribution in [0.3, 0.4) is 0 Å². The predicted molar refractivity (Wildman–Crippen MR) is 73.2 cm³/mol. The first-order valence-electron chi connectivity index (χ1n) is 7.27. The van der Waals surface area contributed by atoms with Gasteiger partial charge in [0.2, 0.25) is 5.96 Å². The molecule has 1 unspecified atom stereocenters. The molecule has 0 amide bonds. The maximum Gasteiger partial charge on any atom is 0.205 e. The fraction of sp³-hybridized carbons (Fsp3) is 0.923. The molecule has 104 valence electrons. The zero-order chi connectivity index (χ0) is 12.6. The van der Waals surface area contributed by atoms with E-state index in [-0.39, 0.29) is 0 Å². The van der Waals surface area contributed by atoms with Gasteiger partial charge in [-0.2, -0.15) is 0 Å². The Morgan fingerprint density at radius 3 is 2.67 bits per heavy atom. The van der Waals surface area contributed by atoms with Crippen LogP contribution in [-0.4, -0.2) is 31.3 Å². The summed E-state index contributed by atoms with van der Waals surface area (Å²) in [7, 11) is 0. The van der Waals surface area contributed by atoms with Gasteiger partial charge in [-0.25, -0.2) is 5.84 Å².